The average molecular weight is 339 g/mol. The van der Waals surface area contributed by atoms with Gasteiger partial charge >= 0.3 is 0 Å². The van der Waals surface area contributed by atoms with Crippen LogP contribution in [0.15, 0.2) is 34.8 Å². The van der Waals surface area contributed by atoms with E-state index in [4.69, 9.17) is 10.00 Å². The SMILES string of the molecule is COc1ccc(C#N)c(Nc2cc(F)c(Br)cc2F)c1. The van der Waals surface area contributed by atoms with E-state index in [1.165, 1.54) is 19.2 Å². The Morgan fingerprint density at radius 3 is 2.55 bits per heavy atom. The van der Waals surface area contributed by atoms with Crippen LogP contribution in [0.25, 0.3) is 0 Å². The first kappa shape index (κ1) is 14.3. The summed E-state index contributed by atoms with van der Waals surface area (Å²) in [4.78, 5) is 0. The summed E-state index contributed by atoms with van der Waals surface area (Å²) in [6, 6.07) is 8.69. The highest BCUT2D eigenvalue weighted by atomic mass is 79.9. The smallest absolute Gasteiger partial charge is 0.147 e. The first-order valence-corrected chi connectivity index (χ1v) is 6.34. The average Bonchev–Trinajstić information content (AvgIpc) is 2.44. The minimum atomic E-state index is -0.634. The summed E-state index contributed by atoms with van der Waals surface area (Å²) in [5, 5.41) is 11.7. The van der Waals surface area contributed by atoms with Crippen LogP contribution in [0.4, 0.5) is 20.2 Å². The normalized spacial score (nSPS) is 9.95. The summed E-state index contributed by atoms with van der Waals surface area (Å²) >= 11 is 2.90. The highest BCUT2D eigenvalue weighted by Gasteiger charge is 2.11. The van der Waals surface area contributed by atoms with Crippen molar-refractivity contribution in [1.82, 2.24) is 0 Å². The van der Waals surface area contributed by atoms with E-state index in [1.54, 1.807) is 6.07 Å². The number of hydrogen-bond donors (Lipinski definition) is 1. The highest BCUT2D eigenvalue weighted by molar-refractivity contribution is 9.10. The van der Waals surface area contributed by atoms with E-state index in [9.17, 15) is 8.78 Å². The van der Waals surface area contributed by atoms with Crippen LogP contribution in [-0.2, 0) is 0 Å². The van der Waals surface area contributed by atoms with Gasteiger partial charge in [0.15, 0.2) is 0 Å². The Morgan fingerprint density at radius 1 is 1.15 bits per heavy atom. The van der Waals surface area contributed by atoms with Crippen molar-refractivity contribution in [3.05, 3.63) is 52.0 Å². The van der Waals surface area contributed by atoms with Gasteiger partial charge < -0.3 is 10.1 Å². The van der Waals surface area contributed by atoms with Crippen molar-refractivity contribution in [2.75, 3.05) is 12.4 Å². The van der Waals surface area contributed by atoms with Crippen LogP contribution in [0.1, 0.15) is 5.56 Å². The van der Waals surface area contributed by atoms with Crippen molar-refractivity contribution in [3.63, 3.8) is 0 Å². The van der Waals surface area contributed by atoms with Crippen molar-refractivity contribution < 1.29 is 13.5 Å². The van der Waals surface area contributed by atoms with Crippen molar-refractivity contribution >= 4 is 27.3 Å². The van der Waals surface area contributed by atoms with Gasteiger partial charge in [-0.2, -0.15) is 5.26 Å². The third kappa shape index (κ3) is 2.89. The molecule has 20 heavy (non-hydrogen) atoms. The van der Waals surface area contributed by atoms with E-state index >= 15 is 0 Å². The van der Waals surface area contributed by atoms with E-state index in [-0.39, 0.29) is 10.2 Å². The molecule has 2 aromatic rings. The molecule has 6 heteroatoms. The molecule has 0 unspecified atom stereocenters. The summed E-state index contributed by atoms with van der Waals surface area (Å²) in [5.74, 6) is -0.732. The maximum atomic E-state index is 13.8. The summed E-state index contributed by atoms with van der Waals surface area (Å²) in [5.41, 5.74) is 0.580. The zero-order chi connectivity index (χ0) is 14.7. The number of nitrogens with zero attached hydrogens (tertiary/aromatic N) is 1. The molecule has 0 fully saturated rings. The Labute approximate surface area is 122 Å². The van der Waals surface area contributed by atoms with Crippen LogP contribution in [0.2, 0.25) is 0 Å². The van der Waals surface area contributed by atoms with Gasteiger partial charge in [0.25, 0.3) is 0 Å². The van der Waals surface area contributed by atoms with E-state index in [1.807, 2.05) is 6.07 Å². The van der Waals surface area contributed by atoms with Gasteiger partial charge in [-0.1, -0.05) is 0 Å². The van der Waals surface area contributed by atoms with E-state index < -0.39 is 11.6 Å². The molecule has 0 heterocycles. The number of benzene rings is 2. The quantitative estimate of drug-likeness (QED) is 0.846. The molecule has 2 aromatic carbocycles. The third-order valence-corrected chi connectivity index (χ3v) is 3.23. The van der Waals surface area contributed by atoms with Gasteiger partial charge in [-0.3, -0.25) is 0 Å². The van der Waals surface area contributed by atoms with Crippen LogP contribution >= 0.6 is 15.9 Å². The Kier molecular flexibility index (Phi) is 4.20. The number of hydrogen-bond acceptors (Lipinski definition) is 3. The lowest BCUT2D eigenvalue weighted by molar-refractivity contribution is 0.415. The fourth-order valence-electron chi connectivity index (χ4n) is 1.61. The predicted octanol–water partition coefficient (Wildman–Crippen LogP) is 4.35. The standard InChI is InChI=1S/C14H9BrF2N2O/c1-20-9-3-2-8(7-18)13(4-9)19-14-6-11(16)10(15)5-12(14)17/h2-6,19H,1H3. The molecule has 0 atom stereocenters. The first-order valence-electron chi connectivity index (χ1n) is 5.55. The molecule has 0 saturated carbocycles. The highest BCUT2D eigenvalue weighted by Crippen LogP contribution is 2.29. The van der Waals surface area contributed by atoms with Gasteiger partial charge in [-0.25, -0.2) is 8.78 Å². The Hall–Kier alpha value is -2.13. The van der Waals surface area contributed by atoms with Crippen molar-refractivity contribution in [2.24, 2.45) is 0 Å². The molecule has 0 saturated heterocycles. The number of anilines is 2. The zero-order valence-electron chi connectivity index (χ0n) is 10.4. The number of halogens is 3. The molecule has 0 amide bonds. The van der Waals surface area contributed by atoms with Crippen LogP contribution in [0.5, 0.6) is 5.75 Å². The number of nitrogens with one attached hydrogen (secondary N) is 1. The van der Waals surface area contributed by atoms with Gasteiger partial charge in [-0.15, -0.1) is 0 Å². The monoisotopic (exact) mass is 338 g/mol. The van der Waals surface area contributed by atoms with Gasteiger partial charge in [-0.05, 0) is 34.1 Å². The number of ether oxygens (including phenoxy) is 1. The van der Waals surface area contributed by atoms with Crippen molar-refractivity contribution in [1.29, 1.82) is 5.26 Å². The van der Waals surface area contributed by atoms with Crippen molar-refractivity contribution in [3.8, 4) is 11.8 Å². The molecule has 1 N–H and O–H groups in total. The maximum Gasteiger partial charge on any atom is 0.147 e. The van der Waals surface area contributed by atoms with Crippen LogP contribution in [0, 0.1) is 23.0 Å². The maximum absolute atomic E-state index is 13.8. The molecule has 0 bridgehead atoms. The fraction of sp³-hybridized carbons (Fsp3) is 0.0714. The molecular formula is C14H9BrF2N2O. The lowest BCUT2D eigenvalue weighted by Gasteiger charge is -2.11. The van der Waals surface area contributed by atoms with Crippen molar-refractivity contribution in [2.45, 2.75) is 0 Å². The minimum absolute atomic E-state index is 0.0340. The zero-order valence-corrected chi connectivity index (χ0v) is 12.0. The van der Waals surface area contributed by atoms with Crippen LogP contribution in [0.3, 0.4) is 0 Å². The Balaban J connectivity index is 2.44. The molecule has 0 spiro atoms. The first-order chi connectivity index (χ1) is 9.55. The molecule has 0 aromatic heterocycles. The Morgan fingerprint density at radius 2 is 1.90 bits per heavy atom. The van der Waals surface area contributed by atoms with E-state index in [0.717, 1.165) is 12.1 Å². The predicted molar refractivity (Wildman–Crippen MR) is 75.0 cm³/mol. The number of nitriles is 1. The van der Waals surface area contributed by atoms with Crippen LogP contribution in [-0.4, -0.2) is 7.11 Å². The molecule has 0 radical (unpaired) electrons. The van der Waals surface area contributed by atoms with E-state index in [0.29, 0.717) is 17.0 Å². The van der Waals surface area contributed by atoms with Gasteiger partial charge in [0.1, 0.15) is 23.5 Å². The largest absolute Gasteiger partial charge is 0.497 e. The summed E-state index contributed by atoms with van der Waals surface area (Å²) in [6.45, 7) is 0. The second-order valence-corrected chi connectivity index (χ2v) is 4.75. The molecule has 2 rings (SSSR count). The molecule has 0 aliphatic carbocycles. The molecular weight excluding hydrogens is 330 g/mol. The summed E-state index contributed by atoms with van der Waals surface area (Å²) in [7, 11) is 1.48. The lowest BCUT2D eigenvalue weighted by Crippen LogP contribution is -1.98. The molecule has 0 aliphatic rings. The molecule has 102 valence electrons. The van der Waals surface area contributed by atoms with E-state index in [2.05, 4.69) is 21.2 Å². The second-order valence-electron chi connectivity index (χ2n) is 3.89. The second kappa shape index (κ2) is 5.88. The Bertz CT molecular complexity index is 698. The van der Waals surface area contributed by atoms with Gasteiger partial charge in [0.2, 0.25) is 0 Å². The fourth-order valence-corrected chi connectivity index (χ4v) is 1.93. The van der Waals surface area contributed by atoms with Gasteiger partial charge in [0.05, 0.1) is 28.5 Å². The number of methoxy groups -OCH3 is 1. The third-order valence-electron chi connectivity index (χ3n) is 2.63. The summed E-state index contributed by atoms with van der Waals surface area (Å²) < 4.78 is 32.3. The molecule has 3 nitrogen and oxygen atoms in total. The minimum Gasteiger partial charge on any atom is -0.497 e. The topological polar surface area (TPSA) is 45.0 Å². The van der Waals surface area contributed by atoms with Crippen LogP contribution < -0.4 is 10.1 Å². The molecule has 0 aliphatic heterocycles. The number of rotatable bonds is 3. The van der Waals surface area contributed by atoms with Gasteiger partial charge in [0, 0.05) is 12.1 Å². The summed E-state index contributed by atoms with van der Waals surface area (Å²) in [6.07, 6.45) is 0. The lowest BCUT2D eigenvalue weighted by atomic mass is 10.1.